The molecule has 1 aliphatic heterocycles. The van der Waals surface area contributed by atoms with Gasteiger partial charge < -0.3 is 19.7 Å². The normalized spacial score (nSPS) is 16.8. The van der Waals surface area contributed by atoms with Crippen LogP contribution in [0.15, 0.2) is 12.1 Å². The molecule has 0 aliphatic carbocycles. The summed E-state index contributed by atoms with van der Waals surface area (Å²) in [5.74, 6) is 1.94. The lowest BCUT2D eigenvalue weighted by molar-refractivity contribution is -0.132. The molecule has 1 heterocycles. The molecular formula is C17H25ClN2O3. The standard InChI is InChI=1S/C17H25ClN2O3/c1-11-5-7-20(8-6-11)17(21)12(2)19-14-9-13(18)15(22-3)10-16(14)23-4/h9-12,19H,5-8H2,1-4H3. The Balaban J connectivity index is 2.08. The Morgan fingerprint density at radius 2 is 1.87 bits per heavy atom. The van der Waals surface area contributed by atoms with Crippen molar-refractivity contribution >= 4 is 23.2 Å². The average Bonchev–Trinajstić information content (AvgIpc) is 2.55. The van der Waals surface area contributed by atoms with Crippen LogP contribution in [0.1, 0.15) is 26.7 Å². The minimum atomic E-state index is -0.346. The number of anilines is 1. The number of benzene rings is 1. The Morgan fingerprint density at radius 1 is 1.26 bits per heavy atom. The zero-order chi connectivity index (χ0) is 17.0. The van der Waals surface area contributed by atoms with E-state index in [1.165, 1.54) is 0 Å². The van der Waals surface area contributed by atoms with Gasteiger partial charge in [0, 0.05) is 19.2 Å². The van der Waals surface area contributed by atoms with Crippen LogP contribution in [0.2, 0.25) is 5.02 Å². The first-order valence-electron chi connectivity index (χ1n) is 7.93. The molecule has 5 nitrogen and oxygen atoms in total. The van der Waals surface area contributed by atoms with Gasteiger partial charge in [0.25, 0.3) is 0 Å². The number of piperidine rings is 1. The largest absolute Gasteiger partial charge is 0.495 e. The van der Waals surface area contributed by atoms with E-state index >= 15 is 0 Å². The summed E-state index contributed by atoms with van der Waals surface area (Å²) in [6, 6.07) is 3.09. The summed E-state index contributed by atoms with van der Waals surface area (Å²) in [6.45, 7) is 5.74. The highest BCUT2D eigenvalue weighted by molar-refractivity contribution is 6.32. The van der Waals surface area contributed by atoms with Gasteiger partial charge in [-0.1, -0.05) is 18.5 Å². The number of carbonyl (C=O) groups excluding carboxylic acids is 1. The highest BCUT2D eigenvalue weighted by Crippen LogP contribution is 2.36. The number of carbonyl (C=O) groups is 1. The number of nitrogens with zero attached hydrogens (tertiary/aromatic N) is 1. The number of methoxy groups -OCH3 is 2. The maximum Gasteiger partial charge on any atom is 0.244 e. The van der Waals surface area contributed by atoms with Crippen LogP contribution in [-0.2, 0) is 4.79 Å². The molecule has 0 radical (unpaired) electrons. The maximum atomic E-state index is 12.6. The van der Waals surface area contributed by atoms with Crippen molar-refractivity contribution in [2.24, 2.45) is 5.92 Å². The predicted octanol–water partition coefficient (Wildman–Crippen LogP) is 3.42. The highest BCUT2D eigenvalue weighted by atomic mass is 35.5. The van der Waals surface area contributed by atoms with E-state index in [1.807, 2.05) is 11.8 Å². The monoisotopic (exact) mass is 340 g/mol. The third-order valence-corrected chi connectivity index (χ3v) is 4.61. The summed E-state index contributed by atoms with van der Waals surface area (Å²) in [5.41, 5.74) is 0.685. The van der Waals surface area contributed by atoms with Crippen LogP contribution in [0.4, 0.5) is 5.69 Å². The Labute approximate surface area is 142 Å². The molecule has 0 spiro atoms. The molecule has 0 aromatic heterocycles. The smallest absolute Gasteiger partial charge is 0.244 e. The third-order valence-electron chi connectivity index (χ3n) is 4.31. The van der Waals surface area contributed by atoms with Gasteiger partial charge in [-0.25, -0.2) is 0 Å². The second-order valence-corrected chi connectivity index (χ2v) is 6.47. The molecule has 0 saturated carbocycles. The van der Waals surface area contributed by atoms with Crippen LogP contribution in [-0.4, -0.2) is 44.2 Å². The zero-order valence-electron chi connectivity index (χ0n) is 14.2. The zero-order valence-corrected chi connectivity index (χ0v) is 14.9. The van der Waals surface area contributed by atoms with Crippen molar-refractivity contribution in [3.05, 3.63) is 17.2 Å². The molecule has 1 aliphatic rings. The number of ether oxygens (including phenoxy) is 2. The Bertz CT molecular complexity index is 557. The van der Waals surface area contributed by atoms with E-state index < -0.39 is 0 Å². The van der Waals surface area contributed by atoms with Crippen LogP contribution in [0.25, 0.3) is 0 Å². The van der Waals surface area contributed by atoms with Crippen molar-refractivity contribution < 1.29 is 14.3 Å². The number of nitrogens with one attached hydrogen (secondary N) is 1. The SMILES string of the molecule is COc1cc(OC)c(NC(C)C(=O)N2CCC(C)CC2)cc1Cl. The third kappa shape index (κ3) is 4.22. The molecule has 1 fully saturated rings. The van der Waals surface area contributed by atoms with Crippen LogP contribution in [0, 0.1) is 5.92 Å². The number of hydrogen-bond donors (Lipinski definition) is 1. The molecule has 23 heavy (non-hydrogen) atoms. The summed E-state index contributed by atoms with van der Waals surface area (Å²) < 4.78 is 10.5. The van der Waals surface area contributed by atoms with Crippen molar-refractivity contribution in [3.8, 4) is 11.5 Å². The summed E-state index contributed by atoms with van der Waals surface area (Å²) in [5, 5.41) is 3.68. The fourth-order valence-electron chi connectivity index (χ4n) is 2.77. The molecule has 1 amide bonds. The van der Waals surface area contributed by atoms with Gasteiger partial charge >= 0.3 is 0 Å². The molecule has 1 N–H and O–H groups in total. The Hall–Kier alpha value is -1.62. The fraction of sp³-hybridized carbons (Fsp3) is 0.588. The van der Waals surface area contributed by atoms with Gasteiger partial charge in [-0.3, -0.25) is 4.79 Å². The first kappa shape index (κ1) is 17.7. The van der Waals surface area contributed by atoms with Crippen molar-refractivity contribution in [2.75, 3.05) is 32.6 Å². The van der Waals surface area contributed by atoms with Crippen molar-refractivity contribution in [1.29, 1.82) is 0 Å². The molecule has 1 saturated heterocycles. The Kier molecular flexibility index (Phi) is 5.99. The van der Waals surface area contributed by atoms with Crippen molar-refractivity contribution in [2.45, 2.75) is 32.7 Å². The van der Waals surface area contributed by atoms with Gasteiger partial charge in [-0.2, -0.15) is 0 Å². The average molecular weight is 341 g/mol. The molecule has 6 heteroatoms. The van der Waals surface area contributed by atoms with Crippen LogP contribution < -0.4 is 14.8 Å². The van der Waals surface area contributed by atoms with Crippen LogP contribution in [0.3, 0.4) is 0 Å². The minimum absolute atomic E-state index is 0.103. The van der Waals surface area contributed by atoms with Gasteiger partial charge in [0.2, 0.25) is 5.91 Å². The highest BCUT2D eigenvalue weighted by Gasteiger charge is 2.25. The molecular weight excluding hydrogens is 316 g/mol. The molecule has 0 bridgehead atoms. The molecule has 1 aromatic carbocycles. The lowest BCUT2D eigenvalue weighted by atomic mass is 9.99. The van der Waals surface area contributed by atoms with E-state index in [4.69, 9.17) is 21.1 Å². The predicted molar refractivity (Wildman–Crippen MR) is 92.6 cm³/mol. The topological polar surface area (TPSA) is 50.8 Å². The van der Waals surface area contributed by atoms with E-state index in [2.05, 4.69) is 12.2 Å². The lowest BCUT2D eigenvalue weighted by Gasteiger charge is -2.32. The van der Waals surface area contributed by atoms with E-state index in [-0.39, 0.29) is 11.9 Å². The van der Waals surface area contributed by atoms with E-state index in [1.54, 1.807) is 26.4 Å². The first-order valence-corrected chi connectivity index (χ1v) is 8.31. The molecule has 2 rings (SSSR count). The Morgan fingerprint density at radius 3 is 2.43 bits per heavy atom. The first-order chi connectivity index (χ1) is 11.0. The second-order valence-electron chi connectivity index (χ2n) is 6.06. The van der Waals surface area contributed by atoms with Gasteiger partial charge in [-0.15, -0.1) is 0 Å². The summed E-state index contributed by atoms with van der Waals surface area (Å²) in [6.07, 6.45) is 2.13. The molecule has 1 unspecified atom stereocenters. The van der Waals surface area contributed by atoms with Crippen LogP contribution in [0.5, 0.6) is 11.5 Å². The second kappa shape index (κ2) is 7.77. The van der Waals surface area contributed by atoms with E-state index in [0.717, 1.165) is 25.9 Å². The number of hydrogen-bond acceptors (Lipinski definition) is 4. The van der Waals surface area contributed by atoms with Crippen molar-refractivity contribution in [1.82, 2.24) is 4.90 Å². The lowest BCUT2D eigenvalue weighted by Crippen LogP contribution is -2.45. The number of halogens is 1. The summed E-state index contributed by atoms with van der Waals surface area (Å²) in [7, 11) is 3.13. The summed E-state index contributed by atoms with van der Waals surface area (Å²) >= 11 is 6.17. The van der Waals surface area contributed by atoms with Gasteiger partial charge in [0.05, 0.1) is 24.9 Å². The van der Waals surface area contributed by atoms with Crippen LogP contribution >= 0.6 is 11.6 Å². The molecule has 128 valence electrons. The minimum Gasteiger partial charge on any atom is -0.495 e. The van der Waals surface area contributed by atoms with Gasteiger partial charge in [-0.05, 0) is 31.7 Å². The number of likely N-dealkylation sites (tertiary alicyclic amines) is 1. The van der Waals surface area contributed by atoms with Gasteiger partial charge in [0.15, 0.2) is 0 Å². The fourth-order valence-corrected chi connectivity index (χ4v) is 3.01. The maximum absolute atomic E-state index is 12.6. The molecule has 1 atom stereocenters. The van der Waals surface area contributed by atoms with E-state index in [9.17, 15) is 4.79 Å². The number of rotatable bonds is 5. The van der Waals surface area contributed by atoms with E-state index in [0.29, 0.717) is 28.1 Å². The van der Waals surface area contributed by atoms with Crippen molar-refractivity contribution in [3.63, 3.8) is 0 Å². The summed E-state index contributed by atoms with van der Waals surface area (Å²) in [4.78, 5) is 14.5. The quantitative estimate of drug-likeness (QED) is 0.892. The number of amides is 1. The van der Waals surface area contributed by atoms with Gasteiger partial charge in [0.1, 0.15) is 17.5 Å². The molecule has 1 aromatic rings.